The number of amides is 1. The first-order chi connectivity index (χ1) is 11.7. The molecule has 1 heterocycles. The molecule has 1 aromatic rings. The molecule has 1 fully saturated rings. The molecule has 8 heteroatoms. The molecule has 1 aliphatic heterocycles. The van der Waals surface area contributed by atoms with Crippen molar-refractivity contribution < 1.29 is 22.7 Å². The lowest BCUT2D eigenvalue weighted by molar-refractivity contribution is -0.153. The van der Waals surface area contributed by atoms with Gasteiger partial charge in [0.1, 0.15) is 11.8 Å². The minimum absolute atomic E-state index is 0.127. The van der Waals surface area contributed by atoms with Gasteiger partial charge in [-0.3, -0.25) is 10.2 Å². The normalized spacial score (nSPS) is 20.7. The molecule has 5 nitrogen and oxygen atoms in total. The third kappa shape index (κ3) is 6.91. The van der Waals surface area contributed by atoms with E-state index in [0.29, 0.717) is 17.9 Å². The second-order valence-corrected chi connectivity index (χ2v) is 6.67. The van der Waals surface area contributed by atoms with Crippen molar-refractivity contribution >= 4 is 5.91 Å². The summed E-state index contributed by atoms with van der Waals surface area (Å²) < 4.78 is 41.3. The molecule has 140 valence electrons. The van der Waals surface area contributed by atoms with E-state index in [1.54, 1.807) is 12.1 Å². The Kier molecular flexibility index (Phi) is 6.66. The quantitative estimate of drug-likeness (QED) is 0.700. The first-order valence-corrected chi connectivity index (χ1v) is 8.30. The van der Waals surface area contributed by atoms with Gasteiger partial charge in [0.25, 0.3) is 0 Å². The van der Waals surface area contributed by atoms with Crippen molar-refractivity contribution in [3.05, 3.63) is 29.8 Å². The molecule has 1 aromatic carbocycles. The summed E-state index contributed by atoms with van der Waals surface area (Å²) in [5.41, 5.74) is 6.78. The number of hydrazine groups is 1. The SMILES string of the molecule is CC(C)CC1CC(C(=O)NCc2cccc(OCC(F)(F)F)c2)NN1. The standard InChI is InChI=1S/C17H24F3N3O2/c1-11(2)6-13-8-15(23-22-13)16(24)21-9-12-4-3-5-14(7-12)25-10-17(18,19)20/h3-5,7,11,13,15,22-23H,6,8-10H2,1-2H3,(H,21,24). The van der Waals surface area contributed by atoms with Gasteiger partial charge in [-0.2, -0.15) is 13.2 Å². The van der Waals surface area contributed by atoms with Gasteiger partial charge in [0.2, 0.25) is 5.91 Å². The van der Waals surface area contributed by atoms with Crippen LogP contribution < -0.4 is 20.9 Å². The lowest BCUT2D eigenvalue weighted by atomic mass is 10.00. The summed E-state index contributed by atoms with van der Waals surface area (Å²) in [6, 6.07) is 6.22. The predicted octanol–water partition coefficient (Wildman–Crippen LogP) is 2.53. The molecular weight excluding hydrogens is 335 g/mol. The lowest BCUT2D eigenvalue weighted by Crippen LogP contribution is -2.43. The average molecular weight is 359 g/mol. The Morgan fingerprint density at radius 1 is 1.36 bits per heavy atom. The predicted molar refractivity (Wildman–Crippen MR) is 87.8 cm³/mol. The zero-order chi connectivity index (χ0) is 18.4. The van der Waals surface area contributed by atoms with E-state index in [1.807, 2.05) is 0 Å². The second kappa shape index (κ2) is 8.53. The maximum absolute atomic E-state index is 12.2. The van der Waals surface area contributed by atoms with Crippen LogP contribution in [0.3, 0.4) is 0 Å². The number of carbonyl (C=O) groups excluding carboxylic acids is 1. The number of nitrogens with one attached hydrogen (secondary N) is 3. The van der Waals surface area contributed by atoms with Gasteiger partial charge < -0.3 is 10.1 Å². The zero-order valence-corrected chi connectivity index (χ0v) is 14.3. The molecule has 0 spiro atoms. The minimum atomic E-state index is -4.38. The highest BCUT2D eigenvalue weighted by atomic mass is 19.4. The molecule has 0 saturated carbocycles. The van der Waals surface area contributed by atoms with Gasteiger partial charge in [-0.1, -0.05) is 26.0 Å². The molecule has 1 aliphatic rings. The van der Waals surface area contributed by atoms with Crippen molar-refractivity contribution in [1.29, 1.82) is 0 Å². The molecule has 1 amide bonds. The van der Waals surface area contributed by atoms with Crippen LogP contribution in [0.15, 0.2) is 24.3 Å². The lowest BCUT2D eigenvalue weighted by Gasteiger charge is -2.13. The Morgan fingerprint density at radius 3 is 2.80 bits per heavy atom. The summed E-state index contributed by atoms with van der Waals surface area (Å²) >= 11 is 0. The van der Waals surface area contributed by atoms with Crippen LogP contribution >= 0.6 is 0 Å². The van der Waals surface area contributed by atoms with Crippen LogP contribution in [0.4, 0.5) is 13.2 Å². The van der Waals surface area contributed by atoms with E-state index in [0.717, 1.165) is 6.42 Å². The molecule has 2 unspecified atom stereocenters. The molecule has 0 radical (unpaired) electrons. The number of benzene rings is 1. The fourth-order valence-electron chi connectivity index (χ4n) is 2.74. The Balaban J connectivity index is 1.80. The fraction of sp³-hybridized carbons (Fsp3) is 0.588. The van der Waals surface area contributed by atoms with Gasteiger partial charge >= 0.3 is 6.18 Å². The monoisotopic (exact) mass is 359 g/mol. The fourth-order valence-corrected chi connectivity index (χ4v) is 2.74. The summed E-state index contributed by atoms with van der Waals surface area (Å²) in [7, 11) is 0. The summed E-state index contributed by atoms with van der Waals surface area (Å²) in [4.78, 5) is 12.2. The number of carbonyl (C=O) groups is 1. The molecule has 3 N–H and O–H groups in total. The van der Waals surface area contributed by atoms with E-state index >= 15 is 0 Å². The Hall–Kier alpha value is -1.80. The summed E-state index contributed by atoms with van der Waals surface area (Å²) in [5, 5.41) is 2.80. The number of hydrogen-bond acceptors (Lipinski definition) is 4. The van der Waals surface area contributed by atoms with Crippen LogP contribution in [0.2, 0.25) is 0 Å². The van der Waals surface area contributed by atoms with E-state index in [9.17, 15) is 18.0 Å². The molecule has 25 heavy (non-hydrogen) atoms. The van der Waals surface area contributed by atoms with Crippen molar-refractivity contribution in [1.82, 2.24) is 16.2 Å². The Labute approximate surface area is 145 Å². The average Bonchev–Trinajstić information content (AvgIpc) is 2.98. The van der Waals surface area contributed by atoms with E-state index in [1.165, 1.54) is 12.1 Å². The van der Waals surface area contributed by atoms with E-state index in [4.69, 9.17) is 4.74 Å². The number of alkyl halides is 3. The van der Waals surface area contributed by atoms with Crippen molar-refractivity contribution in [2.24, 2.45) is 5.92 Å². The van der Waals surface area contributed by atoms with Crippen molar-refractivity contribution in [3.8, 4) is 5.75 Å². The van der Waals surface area contributed by atoms with Crippen molar-refractivity contribution in [2.75, 3.05) is 6.61 Å². The molecule has 2 rings (SSSR count). The number of halogens is 3. The molecule has 0 bridgehead atoms. The molecule has 0 aliphatic carbocycles. The van der Waals surface area contributed by atoms with Gasteiger partial charge in [-0.25, -0.2) is 5.43 Å². The highest BCUT2D eigenvalue weighted by molar-refractivity contribution is 5.82. The highest BCUT2D eigenvalue weighted by Gasteiger charge is 2.29. The van der Waals surface area contributed by atoms with Crippen LogP contribution in [0.1, 0.15) is 32.3 Å². The largest absolute Gasteiger partial charge is 0.484 e. The third-order valence-corrected chi connectivity index (χ3v) is 3.82. The van der Waals surface area contributed by atoms with Crippen molar-refractivity contribution in [2.45, 2.75) is 51.5 Å². The third-order valence-electron chi connectivity index (χ3n) is 3.82. The summed E-state index contributed by atoms with van der Waals surface area (Å²) in [5.74, 6) is 0.530. The van der Waals surface area contributed by atoms with Crippen LogP contribution in [-0.2, 0) is 11.3 Å². The van der Waals surface area contributed by atoms with E-state index < -0.39 is 12.8 Å². The maximum Gasteiger partial charge on any atom is 0.422 e. The first kappa shape index (κ1) is 19.5. The topological polar surface area (TPSA) is 62.4 Å². The second-order valence-electron chi connectivity index (χ2n) is 6.67. The van der Waals surface area contributed by atoms with E-state index in [2.05, 4.69) is 30.0 Å². The van der Waals surface area contributed by atoms with Crippen LogP contribution in [-0.4, -0.2) is 30.8 Å². The number of hydrogen-bond donors (Lipinski definition) is 3. The van der Waals surface area contributed by atoms with Gasteiger partial charge in [0.15, 0.2) is 6.61 Å². The van der Waals surface area contributed by atoms with Gasteiger partial charge in [0.05, 0.1) is 0 Å². The Morgan fingerprint density at radius 2 is 2.12 bits per heavy atom. The smallest absolute Gasteiger partial charge is 0.422 e. The maximum atomic E-state index is 12.2. The molecule has 2 atom stereocenters. The minimum Gasteiger partial charge on any atom is -0.484 e. The molecule has 1 saturated heterocycles. The molecule has 0 aromatic heterocycles. The van der Waals surface area contributed by atoms with Crippen molar-refractivity contribution in [3.63, 3.8) is 0 Å². The number of rotatable bonds is 7. The van der Waals surface area contributed by atoms with E-state index in [-0.39, 0.29) is 30.3 Å². The van der Waals surface area contributed by atoms with Gasteiger partial charge in [-0.05, 0) is 36.5 Å². The summed E-state index contributed by atoms with van der Waals surface area (Å²) in [6.45, 7) is 3.15. The molecular formula is C17H24F3N3O2. The highest BCUT2D eigenvalue weighted by Crippen LogP contribution is 2.19. The first-order valence-electron chi connectivity index (χ1n) is 8.30. The van der Waals surface area contributed by atoms with Crippen LogP contribution in [0, 0.1) is 5.92 Å². The van der Waals surface area contributed by atoms with Crippen LogP contribution in [0.5, 0.6) is 5.75 Å². The number of ether oxygens (including phenoxy) is 1. The van der Waals surface area contributed by atoms with Crippen LogP contribution in [0.25, 0.3) is 0 Å². The van der Waals surface area contributed by atoms with Gasteiger partial charge in [0, 0.05) is 12.6 Å². The Bertz CT molecular complexity index is 579. The zero-order valence-electron chi connectivity index (χ0n) is 14.3. The summed E-state index contributed by atoms with van der Waals surface area (Å²) in [6.07, 6.45) is -2.69. The van der Waals surface area contributed by atoms with Gasteiger partial charge in [-0.15, -0.1) is 0 Å².